The summed E-state index contributed by atoms with van der Waals surface area (Å²) < 4.78 is 12.0. The van der Waals surface area contributed by atoms with Crippen LogP contribution >= 0.6 is 0 Å². The standard InChI is InChI=1S/C12H15FO/c1-10(7-9-14)12-4-2-11(3-5-12)6-8-13/h2-5,9-10H,6-8H2,1H3. The van der Waals surface area contributed by atoms with E-state index < -0.39 is 0 Å². The van der Waals surface area contributed by atoms with E-state index in [1.165, 1.54) is 0 Å². The fourth-order valence-electron chi connectivity index (χ4n) is 1.40. The van der Waals surface area contributed by atoms with E-state index in [0.29, 0.717) is 12.8 Å². The van der Waals surface area contributed by atoms with E-state index in [2.05, 4.69) is 0 Å². The number of aryl methyl sites for hydroxylation is 1. The van der Waals surface area contributed by atoms with Crippen LogP contribution in [0.3, 0.4) is 0 Å². The molecule has 1 rings (SSSR count). The predicted octanol–water partition coefficient (Wildman–Crippen LogP) is 2.89. The Morgan fingerprint density at radius 2 is 2.00 bits per heavy atom. The molecule has 0 bridgehead atoms. The number of carbonyl (C=O) groups is 1. The molecule has 0 aliphatic carbocycles. The molecule has 0 N–H and O–H groups in total. The third-order valence-corrected chi connectivity index (χ3v) is 2.38. The third-order valence-electron chi connectivity index (χ3n) is 2.38. The van der Waals surface area contributed by atoms with Crippen molar-refractivity contribution in [1.82, 2.24) is 0 Å². The van der Waals surface area contributed by atoms with Crippen LogP contribution in [0.15, 0.2) is 24.3 Å². The van der Waals surface area contributed by atoms with Crippen molar-refractivity contribution in [2.75, 3.05) is 6.67 Å². The van der Waals surface area contributed by atoms with E-state index in [1.54, 1.807) is 0 Å². The minimum atomic E-state index is -0.316. The summed E-state index contributed by atoms with van der Waals surface area (Å²) in [4.78, 5) is 10.3. The molecule has 76 valence electrons. The molecule has 1 nitrogen and oxygen atoms in total. The number of hydrogen-bond acceptors (Lipinski definition) is 1. The number of rotatable bonds is 5. The summed E-state index contributed by atoms with van der Waals surface area (Å²) in [6.07, 6.45) is 1.95. The van der Waals surface area contributed by atoms with Gasteiger partial charge < -0.3 is 4.79 Å². The van der Waals surface area contributed by atoms with Crippen LogP contribution < -0.4 is 0 Å². The monoisotopic (exact) mass is 194 g/mol. The van der Waals surface area contributed by atoms with E-state index in [0.717, 1.165) is 17.4 Å². The molecule has 14 heavy (non-hydrogen) atoms. The highest BCUT2D eigenvalue weighted by Crippen LogP contribution is 2.18. The van der Waals surface area contributed by atoms with Crippen molar-refractivity contribution in [2.24, 2.45) is 0 Å². The van der Waals surface area contributed by atoms with Gasteiger partial charge in [-0.25, -0.2) is 0 Å². The van der Waals surface area contributed by atoms with E-state index in [-0.39, 0.29) is 12.6 Å². The molecule has 0 saturated heterocycles. The van der Waals surface area contributed by atoms with Crippen molar-refractivity contribution in [1.29, 1.82) is 0 Å². The van der Waals surface area contributed by atoms with Crippen LogP contribution in [0.25, 0.3) is 0 Å². The Hall–Kier alpha value is -1.18. The molecule has 2 heteroatoms. The summed E-state index contributed by atoms with van der Waals surface area (Å²) in [5.41, 5.74) is 2.15. The van der Waals surface area contributed by atoms with Gasteiger partial charge in [0.1, 0.15) is 6.29 Å². The number of halogens is 1. The van der Waals surface area contributed by atoms with E-state index in [4.69, 9.17) is 0 Å². The first kappa shape index (κ1) is 10.9. The Morgan fingerprint density at radius 3 is 2.50 bits per heavy atom. The fourth-order valence-corrected chi connectivity index (χ4v) is 1.40. The molecule has 0 amide bonds. The van der Waals surface area contributed by atoms with Crippen LogP contribution in [0.2, 0.25) is 0 Å². The molecule has 1 unspecified atom stereocenters. The predicted molar refractivity (Wildman–Crippen MR) is 55.2 cm³/mol. The smallest absolute Gasteiger partial charge is 0.120 e. The molecule has 0 aliphatic heterocycles. The van der Waals surface area contributed by atoms with E-state index >= 15 is 0 Å². The van der Waals surface area contributed by atoms with Gasteiger partial charge in [-0.3, -0.25) is 4.39 Å². The highest BCUT2D eigenvalue weighted by molar-refractivity contribution is 5.51. The minimum absolute atomic E-state index is 0.256. The topological polar surface area (TPSA) is 17.1 Å². The van der Waals surface area contributed by atoms with Crippen molar-refractivity contribution in [3.8, 4) is 0 Å². The Kier molecular flexibility index (Phi) is 4.30. The van der Waals surface area contributed by atoms with Gasteiger partial charge in [0.05, 0.1) is 6.67 Å². The van der Waals surface area contributed by atoms with Gasteiger partial charge in [0.25, 0.3) is 0 Å². The lowest BCUT2D eigenvalue weighted by molar-refractivity contribution is -0.108. The molecule has 1 aromatic rings. The molecular formula is C12H15FO. The molecule has 0 radical (unpaired) electrons. The molecule has 1 atom stereocenters. The van der Waals surface area contributed by atoms with E-state index in [1.807, 2.05) is 31.2 Å². The number of carbonyl (C=O) groups excluding carboxylic acids is 1. The maximum absolute atomic E-state index is 12.0. The lowest BCUT2D eigenvalue weighted by Crippen LogP contribution is -1.95. The van der Waals surface area contributed by atoms with Crippen LogP contribution in [-0.4, -0.2) is 13.0 Å². The zero-order valence-electron chi connectivity index (χ0n) is 8.37. The van der Waals surface area contributed by atoms with Crippen LogP contribution in [0.4, 0.5) is 4.39 Å². The summed E-state index contributed by atoms with van der Waals surface area (Å²) in [7, 11) is 0. The second-order valence-corrected chi connectivity index (χ2v) is 3.48. The number of alkyl halides is 1. The first-order valence-electron chi connectivity index (χ1n) is 4.86. The Morgan fingerprint density at radius 1 is 1.36 bits per heavy atom. The zero-order chi connectivity index (χ0) is 10.4. The summed E-state index contributed by atoms with van der Waals surface area (Å²) in [6.45, 7) is 1.70. The molecule has 0 spiro atoms. The first-order valence-corrected chi connectivity index (χ1v) is 4.86. The lowest BCUT2D eigenvalue weighted by atomic mass is 9.97. The van der Waals surface area contributed by atoms with Crippen molar-refractivity contribution in [3.63, 3.8) is 0 Å². The van der Waals surface area contributed by atoms with Gasteiger partial charge in [0.2, 0.25) is 0 Å². The fraction of sp³-hybridized carbons (Fsp3) is 0.417. The average molecular weight is 194 g/mol. The summed E-state index contributed by atoms with van der Waals surface area (Å²) in [5.74, 6) is 0.256. The summed E-state index contributed by atoms with van der Waals surface area (Å²) in [5, 5.41) is 0. The van der Waals surface area contributed by atoms with Crippen molar-refractivity contribution in [3.05, 3.63) is 35.4 Å². The van der Waals surface area contributed by atoms with Crippen LogP contribution in [-0.2, 0) is 11.2 Å². The highest BCUT2D eigenvalue weighted by atomic mass is 19.1. The molecule has 0 aromatic heterocycles. The highest BCUT2D eigenvalue weighted by Gasteiger charge is 2.03. The Bertz CT molecular complexity index is 279. The maximum atomic E-state index is 12.0. The normalized spacial score (nSPS) is 12.4. The molecule has 0 fully saturated rings. The van der Waals surface area contributed by atoms with Gasteiger partial charge in [0, 0.05) is 12.8 Å². The van der Waals surface area contributed by atoms with Gasteiger partial charge in [-0.2, -0.15) is 0 Å². The van der Waals surface area contributed by atoms with Gasteiger partial charge in [0.15, 0.2) is 0 Å². The zero-order valence-corrected chi connectivity index (χ0v) is 8.37. The molecule has 0 aliphatic rings. The largest absolute Gasteiger partial charge is 0.303 e. The number of benzene rings is 1. The number of hydrogen-bond donors (Lipinski definition) is 0. The molecule has 0 saturated carbocycles. The van der Waals surface area contributed by atoms with E-state index in [9.17, 15) is 9.18 Å². The van der Waals surface area contributed by atoms with Crippen molar-refractivity contribution in [2.45, 2.75) is 25.7 Å². The van der Waals surface area contributed by atoms with Crippen molar-refractivity contribution < 1.29 is 9.18 Å². The quantitative estimate of drug-likeness (QED) is 0.659. The minimum Gasteiger partial charge on any atom is -0.303 e. The summed E-state index contributed by atoms with van der Waals surface area (Å²) >= 11 is 0. The summed E-state index contributed by atoms with van der Waals surface area (Å²) in [6, 6.07) is 7.80. The third kappa shape index (κ3) is 2.95. The van der Waals surface area contributed by atoms with Crippen LogP contribution in [0.5, 0.6) is 0 Å². The van der Waals surface area contributed by atoms with Gasteiger partial charge in [-0.05, 0) is 17.0 Å². The van der Waals surface area contributed by atoms with Gasteiger partial charge >= 0.3 is 0 Å². The molecular weight excluding hydrogens is 179 g/mol. The van der Waals surface area contributed by atoms with Crippen molar-refractivity contribution >= 4 is 6.29 Å². The van der Waals surface area contributed by atoms with Crippen LogP contribution in [0.1, 0.15) is 30.4 Å². The Balaban J connectivity index is 2.67. The SMILES string of the molecule is CC(CC=O)c1ccc(CCF)cc1. The molecule has 1 aromatic carbocycles. The Labute approximate surface area is 83.9 Å². The maximum Gasteiger partial charge on any atom is 0.120 e. The van der Waals surface area contributed by atoms with Gasteiger partial charge in [-0.15, -0.1) is 0 Å². The second-order valence-electron chi connectivity index (χ2n) is 3.48. The molecule has 0 heterocycles. The van der Waals surface area contributed by atoms with Gasteiger partial charge in [-0.1, -0.05) is 31.2 Å². The lowest BCUT2D eigenvalue weighted by Gasteiger charge is -2.08. The van der Waals surface area contributed by atoms with Crippen LogP contribution in [0, 0.1) is 0 Å². The average Bonchev–Trinajstić information content (AvgIpc) is 2.20. The number of aldehydes is 1. The second kappa shape index (κ2) is 5.53. The first-order chi connectivity index (χ1) is 6.77.